The SMILES string of the molecule is CC(CCN)NCC1CCCCCC1. The van der Waals surface area contributed by atoms with Gasteiger partial charge in [-0.25, -0.2) is 0 Å². The van der Waals surface area contributed by atoms with Gasteiger partial charge in [-0.1, -0.05) is 25.7 Å². The number of hydrogen-bond donors (Lipinski definition) is 2. The Kier molecular flexibility index (Phi) is 6.20. The van der Waals surface area contributed by atoms with Gasteiger partial charge in [-0.05, 0) is 45.2 Å². The highest BCUT2D eigenvalue weighted by atomic mass is 14.9. The summed E-state index contributed by atoms with van der Waals surface area (Å²) in [5.74, 6) is 0.928. The minimum atomic E-state index is 0.600. The molecular weight excluding hydrogens is 172 g/mol. The van der Waals surface area contributed by atoms with Gasteiger partial charge in [0.1, 0.15) is 0 Å². The van der Waals surface area contributed by atoms with Crippen molar-refractivity contribution in [3.63, 3.8) is 0 Å². The molecule has 3 N–H and O–H groups in total. The molecule has 0 aliphatic heterocycles. The maximum atomic E-state index is 5.52. The molecule has 1 aliphatic rings. The van der Waals surface area contributed by atoms with Crippen LogP contribution in [0.2, 0.25) is 0 Å². The second kappa shape index (κ2) is 7.24. The molecule has 14 heavy (non-hydrogen) atoms. The first-order valence-electron chi connectivity index (χ1n) is 6.26. The van der Waals surface area contributed by atoms with Crippen LogP contribution in [0.1, 0.15) is 51.9 Å². The summed E-state index contributed by atoms with van der Waals surface area (Å²) in [5.41, 5.74) is 5.52. The second-order valence-electron chi connectivity index (χ2n) is 4.74. The summed E-state index contributed by atoms with van der Waals surface area (Å²) in [6.07, 6.45) is 9.76. The quantitative estimate of drug-likeness (QED) is 0.665. The van der Waals surface area contributed by atoms with Crippen molar-refractivity contribution in [1.82, 2.24) is 5.32 Å². The van der Waals surface area contributed by atoms with Crippen LogP contribution in [0.4, 0.5) is 0 Å². The molecule has 1 saturated carbocycles. The highest BCUT2D eigenvalue weighted by molar-refractivity contribution is 4.69. The molecule has 0 spiro atoms. The number of rotatable bonds is 5. The molecule has 0 bridgehead atoms. The summed E-state index contributed by atoms with van der Waals surface area (Å²) in [5, 5.41) is 3.60. The van der Waals surface area contributed by atoms with E-state index in [1.807, 2.05) is 0 Å². The fourth-order valence-corrected chi connectivity index (χ4v) is 2.29. The number of nitrogens with two attached hydrogens (primary N) is 1. The molecule has 0 saturated heterocycles. The maximum absolute atomic E-state index is 5.52. The van der Waals surface area contributed by atoms with E-state index in [0.717, 1.165) is 18.9 Å². The van der Waals surface area contributed by atoms with E-state index in [9.17, 15) is 0 Å². The van der Waals surface area contributed by atoms with Crippen molar-refractivity contribution in [3.8, 4) is 0 Å². The molecule has 84 valence electrons. The molecule has 0 radical (unpaired) electrons. The van der Waals surface area contributed by atoms with Crippen molar-refractivity contribution in [2.24, 2.45) is 11.7 Å². The third-order valence-electron chi connectivity index (χ3n) is 3.33. The lowest BCUT2D eigenvalue weighted by atomic mass is 10.00. The molecule has 0 aromatic heterocycles. The average Bonchev–Trinajstić information content (AvgIpc) is 2.43. The summed E-state index contributed by atoms with van der Waals surface area (Å²) in [7, 11) is 0. The lowest BCUT2D eigenvalue weighted by Gasteiger charge is -2.18. The van der Waals surface area contributed by atoms with E-state index in [1.54, 1.807) is 0 Å². The first-order valence-corrected chi connectivity index (χ1v) is 6.26. The minimum Gasteiger partial charge on any atom is -0.330 e. The van der Waals surface area contributed by atoms with Crippen LogP contribution in [-0.4, -0.2) is 19.1 Å². The minimum absolute atomic E-state index is 0.600. The van der Waals surface area contributed by atoms with Gasteiger partial charge in [0.05, 0.1) is 0 Å². The zero-order valence-electron chi connectivity index (χ0n) is 9.60. The van der Waals surface area contributed by atoms with Crippen LogP contribution in [0.15, 0.2) is 0 Å². The lowest BCUT2D eigenvalue weighted by Crippen LogP contribution is -2.32. The van der Waals surface area contributed by atoms with Crippen LogP contribution < -0.4 is 11.1 Å². The van der Waals surface area contributed by atoms with E-state index >= 15 is 0 Å². The molecule has 1 fully saturated rings. The van der Waals surface area contributed by atoms with Crippen LogP contribution in [0.25, 0.3) is 0 Å². The Morgan fingerprint density at radius 1 is 1.21 bits per heavy atom. The van der Waals surface area contributed by atoms with Gasteiger partial charge >= 0.3 is 0 Å². The maximum Gasteiger partial charge on any atom is 0.00508 e. The van der Waals surface area contributed by atoms with E-state index in [-0.39, 0.29) is 0 Å². The second-order valence-corrected chi connectivity index (χ2v) is 4.74. The summed E-state index contributed by atoms with van der Waals surface area (Å²) in [6.45, 7) is 4.25. The topological polar surface area (TPSA) is 38.0 Å². The summed E-state index contributed by atoms with van der Waals surface area (Å²) in [6, 6.07) is 0.600. The summed E-state index contributed by atoms with van der Waals surface area (Å²) in [4.78, 5) is 0. The predicted molar refractivity (Wildman–Crippen MR) is 62.3 cm³/mol. The summed E-state index contributed by atoms with van der Waals surface area (Å²) < 4.78 is 0. The molecule has 0 heterocycles. The van der Waals surface area contributed by atoms with Gasteiger partial charge in [-0.3, -0.25) is 0 Å². The fraction of sp³-hybridized carbons (Fsp3) is 1.00. The highest BCUT2D eigenvalue weighted by Gasteiger charge is 2.12. The molecular formula is C12H26N2. The Morgan fingerprint density at radius 3 is 2.43 bits per heavy atom. The van der Waals surface area contributed by atoms with Crippen LogP contribution in [-0.2, 0) is 0 Å². The predicted octanol–water partition coefficient (Wildman–Crippen LogP) is 2.28. The third kappa shape index (κ3) is 4.97. The van der Waals surface area contributed by atoms with Gasteiger partial charge in [0.2, 0.25) is 0 Å². The van der Waals surface area contributed by atoms with Gasteiger partial charge in [0.15, 0.2) is 0 Å². The van der Waals surface area contributed by atoms with Crippen molar-refractivity contribution < 1.29 is 0 Å². The molecule has 0 aromatic carbocycles. The van der Waals surface area contributed by atoms with Gasteiger partial charge in [0.25, 0.3) is 0 Å². The van der Waals surface area contributed by atoms with Crippen LogP contribution >= 0.6 is 0 Å². The Bertz CT molecular complexity index is 128. The Balaban J connectivity index is 2.09. The Labute approximate surface area is 88.6 Å². The lowest BCUT2D eigenvalue weighted by molar-refractivity contribution is 0.393. The normalized spacial score (nSPS) is 21.9. The number of nitrogens with one attached hydrogen (secondary N) is 1. The van der Waals surface area contributed by atoms with Crippen molar-refractivity contribution in [2.45, 2.75) is 57.9 Å². The molecule has 1 aliphatic carbocycles. The van der Waals surface area contributed by atoms with E-state index in [0.29, 0.717) is 6.04 Å². The Hall–Kier alpha value is -0.0800. The zero-order chi connectivity index (χ0) is 10.2. The molecule has 0 aromatic rings. The zero-order valence-corrected chi connectivity index (χ0v) is 9.60. The molecule has 1 rings (SSSR count). The molecule has 2 heteroatoms. The largest absolute Gasteiger partial charge is 0.330 e. The van der Waals surface area contributed by atoms with Crippen LogP contribution in [0, 0.1) is 5.92 Å². The van der Waals surface area contributed by atoms with Gasteiger partial charge < -0.3 is 11.1 Å². The molecule has 1 atom stereocenters. The fourth-order valence-electron chi connectivity index (χ4n) is 2.29. The van der Waals surface area contributed by atoms with Gasteiger partial charge in [0, 0.05) is 6.04 Å². The molecule has 2 nitrogen and oxygen atoms in total. The van der Waals surface area contributed by atoms with Crippen molar-refractivity contribution in [2.75, 3.05) is 13.1 Å². The average molecular weight is 198 g/mol. The van der Waals surface area contributed by atoms with Crippen molar-refractivity contribution in [3.05, 3.63) is 0 Å². The van der Waals surface area contributed by atoms with E-state index in [2.05, 4.69) is 12.2 Å². The highest BCUT2D eigenvalue weighted by Crippen LogP contribution is 2.22. The first kappa shape index (κ1) is 12.0. The standard InChI is InChI=1S/C12H26N2/c1-11(8-9-13)14-10-12-6-4-2-3-5-7-12/h11-12,14H,2-10,13H2,1H3. The molecule has 0 amide bonds. The van der Waals surface area contributed by atoms with Crippen LogP contribution in [0.3, 0.4) is 0 Å². The smallest absolute Gasteiger partial charge is 0.00508 e. The molecule has 1 unspecified atom stereocenters. The van der Waals surface area contributed by atoms with Crippen molar-refractivity contribution in [1.29, 1.82) is 0 Å². The number of hydrogen-bond acceptors (Lipinski definition) is 2. The van der Waals surface area contributed by atoms with E-state index in [4.69, 9.17) is 5.73 Å². The first-order chi connectivity index (χ1) is 6.83. The van der Waals surface area contributed by atoms with Crippen molar-refractivity contribution >= 4 is 0 Å². The van der Waals surface area contributed by atoms with E-state index < -0.39 is 0 Å². The van der Waals surface area contributed by atoms with Crippen LogP contribution in [0.5, 0.6) is 0 Å². The van der Waals surface area contributed by atoms with E-state index in [1.165, 1.54) is 45.1 Å². The monoisotopic (exact) mass is 198 g/mol. The summed E-state index contributed by atoms with van der Waals surface area (Å²) >= 11 is 0. The third-order valence-corrected chi connectivity index (χ3v) is 3.33. The van der Waals surface area contributed by atoms with Gasteiger partial charge in [-0.2, -0.15) is 0 Å². The Morgan fingerprint density at radius 2 is 1.86 bits per heavy atom. The van der Waals surface area contributed by atoms with Gasteiger partial charge in [-0.15, -0.1) is 0 Å².